The number of piperidine rings is 1. The monoisotopic (exact) mass is 521 g/mol. The largest absolute Gasteiger partial charge is 0.494 e. The third-order valence-corrected chi connectivity index (χ3v) is 6.93. The number of carbonyl (C=O) groups is 2. The van der Waals surface area contributed by atoms with Gasteiger partial charge < -0.3 is 24.4 Å². The fourth-order valence-corrected chi connectivity index (χ4v) is 4.97. The minimum absolute atomic E-state index is 0.0664. The number of fused-ring (bicyclic) bond motifs is 1. The van der Waals surface area contributed by atoms with Crippen molar-refractivity contribution in [3.05, 3.63) is 36.4 Å². The lowest BCUT2D eigenvalue weighted by Crippen LogP contribution is -2.70. The molecule has 0 radical (unpaired) electrons. The van der Waals surface area contributed by atoms with Crippen molar-refractivity contribution < 1.29 is 24.2 Å². The third-order valence-electron chi connectivity index (χ3n) is 6.93. The van der Waals surface area contributed by atoms with Gasteiger partial charge >= 0.3 is 6.09 Å². The number of β-amino-alcohol motifs (C(OH)–C–C–N with tert-alkyl or cyclic N) is 1. The summed E-state index contributed by atoms with van der Waals surface area (Å²) >= 11 is 0. The van der Waals surface area contributed by atoms with Crippen LogP contribution in [0.4, 0.5) is 4.79 Å². The van der Waals surface area contributed by atoms with Crippen LogP contribution in [0.3, 0.4) is 0 Å². The van der Waals surface area contributed by atoms with E-state index in [1.165, 1.54) is 11.1 Å². The number of likely N-dealkylation sites (tertiary alicyclic amines) is 2. The Bertz CT molecular complexity index is 1420. The van der Waals surface area contributed by atoms with Gasteiger partial charge in [-0.3, -0.25) is 9.48 Å². The van der Waals surface area contributed by atoms with Gasteiger partial charge in [0.1, 0.15) is 28.5 Å². The molecule has 0 aliphatic carbocycles. The first-order valence-corrected chi connectivity index (χ1v) is 12.5. The van der Waals surface area contributed by atoms with Gasteiger partial charge in [0.15, 0.2) is 5.60 Å². The molecule has 2 aliphatic heterocycles. The zero-order valence-electron chi connectivity index (χ0n) is 21.9. The number of carbonyl (C=O) groups excluding carboxylic acids is 2. The average Bonchev–Trinajstić information content (AvgIpc) is 3.52. The van der Waals surface area contributed by atoms with Crippen LogP contribution in [-0.4, -0.2) is 90.8 Å². The number of nitrogens with zero attached hydrogens (tertiary/aromatic N) is 7. The number of ether oxygens (including phenoxy) is 2. The molecule has 1 N–H and O–H groups in total. The highest BCUT2D eigenvalue weighted by molar-refractivity contribution is 5.89. The summed E-state index contributed by atoms with van der Waals surface area (Å²) < 4.78 is 14.3. The molecule has 0 bridgehead atoms. The molecule has 3 aromatic rings. The number of methoxy groups -OCH3 is 1. The molecular weight excluding hydrogens is 490 g/mol. The zero-order valence-corrected chi connectivity index (χ0v) is 21.9. The van der Waals surface area contributed by atoms with Crippen LogP contribution >= 0.6 is 0 Å². The quantitative estimate of drug-likeness (QED) is 0.552. The second kappa shape index (κ2) is 9.33. The van der Waals surface area contributed by atoms with Crippen LogP contribution < -0.4 is 4.74 Å². The smallest absolute Gasteiger partial charge is 0.410 e. The number of amides is 2. The zero-order chi connectivity index (χ0) is 27.2. The molecule has 2 saturated heterocycles. The van der Waals surface area contributed by atoms with E-state index in [4.69, 9.17) is 9.47 Å². The summed E-state index contributed by atoms with van der Waals surface area (Å²) in [5.41, 5.74) is 0.575. The highest BCUT2D eigenvalue weighted by Gasteiger charge is 2.52. The summed E-state index contributed by atoms with van der Waals surface area (Å²) in [6, 6.07) is 4.09. The van der Waals surface area contributed by atoms with Crippen molar-refractivity contribution in [3.8, 4) is 22.9 Å². The Hall–Kier alpha value is -4.11. The van der Waals surface area contributed by atoms with E-state index < -0.39 is 17.3 Å². The first kappa shape index (κ1) is 25.5. The Kier molecular flexibility index (Phi) is 6.27. The summed E-state index contributed by atoms with van der Waals surface area (Å²) in [7, 11) is 1.56. The van der Waals surface area contributed by atoms with Crippen LogP contribution in [0, 0.1) is 11.3 Å². The van der Waals surface area contributed by atoms with Crippen molar-refractivity contribution in [1.29, 1.82) is 5.26 Å². The van der Waals surface area contributed by atoms with Crippen molar-refractivity contribution in [2.24, 2.45) is 0 Å². The lowest BCUT2D eigenvalue weighted by atomic mass is 9.91. The molecule has 3 aromatic heterocycles. The summed E-state index contributed by atoms with van der Waals surface area (Å²) in [5, 5.41) is 29.0. The van der Waals surface area contributed by atoms with Gasteiger partial charge in [-0.05, 0) is 39.7 Å². The van der Waals surface area contributed by atoms with E-state index in [0.29, 0.717) is 42.8 Å². The lowest BCUT2D eigenvalue weighted by molar-refractivity contribution is -0.169. The molecule has 2 amide bonds. The Balaban J connectivity index is 1.21. The second-order valence-corrected chi connectivity index (χ2v) is 10.9. The van der Waals surface area contributed by atoms with Crippen LogP contribution in [0.2, 0.25) is 0 Å². The summed E-state index contributed by atoms with van der Waals surface area (Å²) in [5.74, 6) is 0.198. The first-order valence-electron chi connectivity index (χ1n) is 12.5. The minimum atomic E-state index is -1.57. The van der Waals surface area contributed by atoms with Gasteiger partial charge in [0.05, 0.1) is 38.6 Å². The standard InChI is InChI=1S/C26H31N7O5/c1-25(2,3)38-24(35)31-15-26(36,16-31)23(34)30-7-5-20(6-8-30)32-14-19(12-28-32)17-9-21(37-4)22-18(10-27)11-29-33(22)13-17/h9,11-14,20,36H,5-8,15-16H2,1-4H3. The van der Waals surface area contributed by atoms with E-state index in [2.05, 4.69) is 16.3 Å². The molecular formula is C26H31N7O5. The molecule has 38 heavy (non-hydrogen) atoms. The predicted octanol–water partition coefficient (Wildman–Crippen LogP) is 2.22. The van der Waals surface area contributed by atoms with Crippen molar-refractivity contribution >= 4 is 17.5 Å². The Morgan fingerprint density at radius 2 is 1.82 bits per heavy atom. The molecule has 2 aliphatic rings. The number of aliphatic hydroxyl groups is 1. The normalized spacial score (nSPS) is 17.7. The number of hydrogen-bond donors (Lipinski definition) is 1. The third kappa shape index (κ3) is 4.65. The molecule has 0 unspecified atom stereocenters. The van der Waals surface area contributed by atoms with E-state index >= 15 is 0 Å². The molecule has 0 saturated carbocycles. The summed E-state index contributed by atoms with van der Waals surface area (Å²) in [6.45, 7) is 6.15. The molecule has 5 rings (SSSR count). The summed E-state index contributed by atoms with van der Waals surface area (Å²) in [4.78, 5) is 28.2. The number of pyridine rings is 1. The maximum atomic E-state index is 13.0. The van der Waals surface area contributed by atoms with Gasteiger partial charge in [-0.1, -0.05) is 0 Å². The maximum absolute atomic E-state index is 13.0. The lowest BCUT2D eigenvalue weighted by Gasteiger charge is -2.47. The molecule has 2 fully saturated rings. The molecule has 12 nitrogen and oxygen atoms in total. The van der Waals surface area contributed by atoms with Crippen LogP contribution in [0.5, 0.6) is 5.75 Å². The number of aromatic nitrogens is 4. The maximum Gasteiger partial charge on any atom is 0.410 e. The molecule has 12 heteroatoms. The van der Waals surface area contributed by atoms with E-state index in [1.54, 1.807) is 43.5 Å². The van der Waals surface area contributed by atoms with E-state index in [-0.39, 0.29) is 25.0 Å². The molecule has 0 aromatic carbocycles. The van der Waals surface area contributed by atoms with E-state index in [0.717, 1.165) is 11.1 Å². The van der Waals surface area contributed by atoms with Crippen molar-refractivity contribution in [3.63, 3.8) is 0 Å². The Morgan fingerprint density at radius 1 is 1.11 bits per heavy atom. The van der Waals surface area contributed by atoms with Gasteiger partial charge in [0, 0.05) is 36.6 Å². The van der Waals surface area contributed by atoms with Crippen LogP contribution in [0.15, 0.2) is 30.9 Å². The van der Waals surface area contributed by atoms with Gasteiger partial charge in [0.25, 0.3) is 5.91 Å². The van der Waals surface area contributed by atoms with Crippen LogP contribution in [0.1, 0.15) is 45.2 Å². The first-order chi connectivity index (χ1) is 18.0. The molecule has 0 spiro atoms. The fraction of sp³-hybridized carbons (Fsp3) is 0.500. The Labute approximate surface area is 219 Å². The number of rotatable bonds is 4. The van der Waals surface area contributed by atoms with E-state index in [9.17, 15) is 20.0 Å². The Morgan fingerprint density at radius 3 is 2.45 bits per heavy atom. The van der Waals surface area contributed by atoms with Crippen molar-refractivity contribution in [2.45, 2.75) is 50.9 Å². The average molecular weight is 522 g/mol. The SMILES string of the molecule is COc1cc(-c2cnn(C3CCN(C(=O)C4(O)CN(C(=O)OC(C)(C)C)C4)CC3)c2)cn2ncc(C#N)c12. The van der Waals surface area contributed by atoms with Gasteiger partial charge in [-0.2, -0.15) is 15.5 Å². The highest BCUT2D eigenvalue weighted by Crippen LogP contribution is 2.32. The molecule has 0 atom stereocenters. The van der Waals surface area contributed by atoms with Gasteiger partial charge in [-0.25, -0.2) is 9.31 Å². The van der Waals surface area contributed by atoms with E-state index in [1.807, 2.05) is 23.1 Å². The minimum Gasteiger partial charge on any atom is -0.494 e. The number of nitriles is 1. The molecule has 5 heterocycles. The van der Waals surface area contributed by atoms with Gasteiger partial charge in [0.2, 0.25) is 0 Å². The van der Waals surface area contributed by atoms with Crippen molar-refractivity contribution in [1.82, 2.24) is 29.2 Å². The van der Waals surface area contributed by atoms with Crippen LogP contribution in [0.25, 0.3) is 16.6 Å². The number of hydrogen-bond acceptors (Lipinski definition) is 8. The molecule has 200 valence electrons. The van der Waals surface area contributed by atoms with Crippen molar-refractivity contribution in [2.75, 3.05) is 33.3 Å². The topological polar surface area (TPSA) is 138 Å². The fourth-order valence-electron chi connectivity index (χ4n) is 4.97. The van der Waals surface area contributed by atoms with Gasteiger partial charge in [-0.15, -0.1) is 0 Å². The second-order valence-electron chi connectivity index (χ2n) is 10.9. The van der Waals surface area contributed by atoms with Crippen LogP contribution in [-0.2, 0) is 9.53 Å². The predicted molar refractivity (Wildman–Crippen MR) is 135 cm³/mol. The summed E-state index contributed by atoms with van der Waals surface area (Å²) in [6.07, 6.45) is 7.91. The highest BCUT2D eigenvalue weighted by atomic mass is 16.6.